The largest absolute Gasteiger partial charge is 0.273 e. The van der Waals surface area contributed by atoms with Gasteiger partial charge in [-0.3, -0.25) is 9.79 Å². The van der Waals surface area contributed by atoms with Gasteiger partial charge in [0, 0.05) is 5.41 Å². The van der Waals surface area contributed by atoms with E-state index in [1.165, 1.54) is 4.31 Å². The molecule has 1 amide bonds. The first kappa shape index (κ1) is 21.2. The Balaban J connectivity index is 1.90. The molecular formula is C19H30N2O3S3. The van der Waals surface area contributed by atoms with Crippen molar-refractivity contribution in [3.63, 3.8) is 0 Å². The highest BCUT2D eigenvalue weighted by Gasteiger charge is 2.72. The van der Waals surface area contributed by atoms with E-state index in [1.807, 2.05) is 12.5 Å². The Kier molecular flexibility index (Phi) is 5.83. The van der Waals surface area contributed by atoms with E-state index in [-0.39, 0.29) is 28.5 Å². The molecule has 0 unspecified atom stereocenters. The van der Waals surface area contributed by atoms with Crippen LogP contribution in [0.15, 0.2) is 17.6 Å². The number of hydrogen-bond donors (Lipinski definition) is 0. The first-order valence-corrected chi connectivity index (χ1v) is 13.5. The smallest absolute Gasteiger partial charge is 0.241 e. The second kappa shape index (κ2) is 7.41. The maximum atomic E-state index is 13.4. The second-order valence-electron chi connectivity index (χ2n) is 8.49. The van der Waals surface area contributed by atoms with Crippen LogP contribution in [0.5, 0.6) is 0 Å². The third-order valence-electron chi connectivity index (χ3n) is 7.22. The molecule has 3 aliphatic rings. The van der Waals surface area contributed by atoms with Gasteiger partial charge < -0.3 is 0 Å². The van der Waals surface area contributed by atoms with Gasteiger partial charge in [0.2, 0.25) is 15.9 Å². The summed E-state index contributed by atoms with van der Waals surface area (Å²) in [6.45, 7) is 8.46. The first-order valence-electron chi connectivity index (χ1n) is 9.44. The lowest BCUT2D eigenvalue weighted by atomic mass is 9.69. The van der Waals surface area contributed by atoms with Crippen molar-refractivity contribution in [1.82, 2.24) is 4.31 Å². The number of nitrogens with zero attached hydrogens (tertiary/aromatic N) is 2. The molecule has 2 aliphatic carbocycles. The Morgan fingerprint density at radius 1 is 1.37 bits per heavy atom. The van der Waals surface area contributed by atoms with Gasteiger partial charge in [-0.2, -0.15) is 0 Å². The van der Waals surface area contributed by atoms with Crippen LogP contribution in [0.2, 0.25) is 0 Å². The van der Waals surface area contributed by atoms with Crippen LogP contribution in [0.4, 0.5) is 0 Å². The molecule has 8 heteroatoms. The van der Waals surface area contributed by atoms with Crippen molar-refractivity contribution in [3.05, 3.63) is 12.7 Å². The van der Waals surface area contributed by atoms with Crippen molar-refractivity contribution in [2.75, 3.05) is 24.8 Å². The highest BCUT2D eigenvalue weighted by atomic mass is 32.2. The van der Waals surface area contributed by atoms with Gasteiger partial charge in [0.25, 0.3) is 0 Å². The van der Waals surface area contributed by atoms with E-state index in [0.29, 0.717) is 18.9 Å². The minimum absolute atomic E-state index is 0.0310. The summed E-state index contributed by atoms with van der Waals surface area (Å²) in [5.74, 6) is -0.136. The molecular weight excluding hydrogens is 400 g/mol. The van der Waals surface area contributed by atoms with Gasteiger partial charge in [-0.1, -0.05) is 19.9 Å². The number of amides is 1. The Bertz CT molecular complexity index is 756. The van der Waals surface area contributed by atoms with Gasteiger partial charge in [0.15, 0.2) is 0 Å². The molecule has 2 saturated carbocycles. The predicted molar refractivity (Wildman–Crippen MR) is 116 cm³/mol. The molecule has 0 radical (unpaired) electrons. The minimum atomic E-state index is -3.58. The van der Waals surface area contributed by atoms with E-state index in [2.05, 4.69) is 25.4 Å². The molecule has 0 aromatic heterocycles. The van der Waals surface area contributed by atoms with Crippen molar-refractivity contribution in [2.45, 2.75) is 45.6 Å². The third kappa shape index (κ3) is 3.19. The summed E-state index contributed by atoms with van der Waals surface area (Å²) in [5, 5.41) is 0. The first-order chi connectivity index (χ1) is 12.6. The second-order valence-corrected chi connectivity index (χ2v) is 12.2. The fourth-order valence-electron chi connectivity index (χ4n) is 5.61. The lowest BCUT2D eigenvalue weighted by Crippen LogP contribution is -2.46. The van der Waals surface area contributed by atoms with E-state index in [1.54, 1.807) is 29.6 Å². The van der Waals surface area contributed by atoms with Crippen LogP contribution in [0.3, 0.4) is 0 Å². The van der Waals surface area contributed by atoms with Gasteiger partial charge in [-0.15, -0.1) is 30.1 Å². The zero-order valence-corrected chi connectivity index (χ0v) is 19.1. The van der Waals surface area contributed by atoms with E-state index in [0.717, 1.165) is 23.6 Å². The fraction of sp³-hybridized carbons (Fsp3) is 0.789. The number of thioether (sulfide) groups is 2. The van der Waals surface area contributed by atoms with E-state index < -0.39 is 15.9 Å². The predicted octanol–water partition coefficient (Wildman–Crippen LogP) is 3.63. The average Bonchev–Trinajstić information content (AvgIpc) is 3.08. The molecule has 1 aliphatic heterocycles. The fourth-order valence-corrected chi connectivity index (χ4v) is 9.28. The molecule has 0 aromatic carbocycles. The SMILES string of the molecule is C=CC[C@H](CN=C(SC)SC)C(=O)N1[C@@H]2C[C@H]3CC[C@]2(CS1(=O)=O)C3(C)C. The van der Waals surface area contributed by atoms with Crippen LogP contribution >= 0.6 is 23.5 Å². The zero-order valence-electron chi connectivity index (χ0n) is 16.6. The number of allylic oxidation sites excluding steroid dienone is 1. The van der Waals surface area contributed by atoms with Crippen molar-refractivity contribution in [3.8, 4) is 0 Å². The summed E-state index contributed by atoms with van der Waals surface area (Å²) < 4.78 is 28.3. The monoisotopic (exact) mass is 430 g/mol. The average molecular weight is 431 g/mol. The van der Waals surface area contributed by atoms with Crippen LogP contribution in [0.1, 0.15) is 39.5 Å². The van der Waals surface area contributed by atoms with Gasteiger partial charge in [0.1, 0.15) is 4.38 Å². The molecule has 152 valence electrons. The Morgan fingerprint density at radius 2 is 2.04 bits per heavy atom. The molecule has 1 saturated heterocycles. The Morgan fingerprint density at radius 3 is 2.59 bits per heavy atom. The van der Waals surface area contributed by atoms with E-state index in [4.69, 9.17) is 0 Å². The van der Waals surface area contributed by atoms with Crippen molar-refractivity contribution < 1.29 is 13.2 Å². The van der Waals surface area contributed by atoms with Crippen molar-refractivity contribution in [2.24, 2.45) is 27.7 Å². The summed E-state index contributed by atoms with van der Waals surface area (Å²) in [7, 11) is -3.58. The molecule has 0 aromatic rings. The molecule has 0 N–H and O–H groups in total. The molecule has 2 bridgehead atoms. The van der Waals surface area contributed by atoms with Crippen LogP contribution in [-0.2, 0) is 14.8 Å². The molecule has 27 heavy (non-hydrogen) atoms. The molecule has 5 nitrogen and oxygen atoms in total. The number of fused-ring (bicyclic) bond motifs is 1. The number of aliphatic imine (C=N–C) groups is 1. The highest BCUT2D eigenvalue weighted by molar-refractivity contribution is 8.38. The Labute approximate surface area is 171 Å². The number of carbonyl (C=O) groups excluding carboxylic acids is 1. The zero-order chi connectivity index (χ0) is 20.0. The van der Waals surface area contributed by atoms with E-state index in [9.17, 15) is 13.2 Å². The maximum absolute atomic E-state index is 13.4. The number of rotatable bonds is 5. The Hall–Kier alpha value is -0.470. The number of sulfonamides is 1. The topological polar surface area (TPSA) is 66.8 Å². The molecule has 1 heterocycles. The summed E-state index contributed by atoms with van der Waals surface area (Å²) in [6.07, 6.45) is 8.83. The van der Waals surface area contributed by atoms with Gasteiger partial charge >= 0.3 is 0 Å². The molecule has 3 rings (SSSR count). The lowest BCUT2D eigenvalue weighted by Gasteiger charge is -2.37. The van der Waals surface area contributed by atoms with Gasteiger partial charge in [-0.25, -0.2) is 12.7 Å². The minimum Gasteiger partial charge on any atom is -0.273 e. The summed E-state index contributed by atoms with van der Waals surface area (Å²) in [5.41, 5.74) is -0.311. The van der Waals surface area contributed by atoms with Crippen LogP contribution in [-0.4, -0.2) is 53.9 Å². The quantitative estimate of drug-likeness (QED) is 0.378. The highest BCUT2D eigenvalue weighted by Crippen LogP contribution is 2.70. The number of carbonyl (C=O) groups is 1. The summed E-state index contributed by atoms with van der Waals surface area (Å²) >= 11 is 3.08. The third-order valence-corrected chi connectivity index (χ3v) is 11.1. The summed E-state index contributed by atoms with van der Waals surface area (Å²) in [4.78, 5) is 17.9. The van der Waals surface area contributed by atoms with Gasteiger partial charge in [0.05, 0.1) is 24.3 Å². The van der Waals surface area contributed by atoms with Crippen LogP contribution in [0.25, 0.3) is 0 Å². The van der Waals surface area contributed by atoms with Crippen molar-refractivity contribution >= 4 is 43.8 Å². The maximum Gasteiger partial charge on any atom is 0.241 e. The standard InChI is InChI=1S/C19H30N2O3S3/c1-6-7-13(11-20-17(25-4)26-5)16(22)21-15-10-14-8-9-19(15,18(14,2)3)12-27(21,23)24/h6,13-15H,1,7-12H2,2-5H3/t13-,14-,15-,19-/m1/s1. The van der Waals surface area contributed by atoms with Crippen molar-refractivity contribution in [1.29, 1.82) is 0 Å². The lowest BCUT2D eigenvalue weighted by molar-refractivity contribution is -0.132. The normalized spacial score (nSPS) is 33.6. The van der Waals surface area contributed by atoms with Gasteiger partial charge in [-0.05, 0) is 49.5 Å². The molecule has 4 atom stereocenters. The van der Waals surface area contributed by atoms with E-state index >= 15 is 0 Å². The van der Waals surface area contributed by atoms with Crippen LogP contribution in [0, 0.1) is 22.7 Å². The van der Waals surface area contributed by atoms with Crippen LogP contribution < -0.4 is 0 Å². The summed E-state index contributed by atoms with van der Waals surface area (Å²) in [6, 6.07) is -0.180. The molecule has 3 fully saturated rings. The number of hydrogen-bond acceptors (Lipinski definition) is 6. The molecule has 1 spiro atoms.